The Morgan fingerprint density at radius 2 is 1.95 bits per heavy atom. The van der Waals surface area contributed by atoms with Crippen LogP contribution in [-0.4, -0.2) is 23.0 Å². The van der Waals surface area contributed by atoms with Crippen LogP contribution in [0.4, 0.5) is 10.5 Å². The molecule has 1 aromatic carbocycles. The third-order valence-corrected chi connectivity index (χ3v) is 2.75. The molecule has 0 heterocycles. The van der Waals surface area contributed by atoms with Crippen LogP contribution in [0.25, 0.3) is 0 Å². The highest BCUT2D eigenvalue weighted by molar-refractivity contribution is 9.10. The number of carbonyl (C=O) groups excluding carboxylic acids is 2. The second-order valence-electron chi connectivity index (χ2n) is 3.86. The summed E-state index contributed by atoms with van der Waals surface area (Å²) in [5.41, 5.74) is 1.41. The number of nitrogens with one attached hydrogen (secondary N) is 2. The molecule has 1 aromatic rings. The lowest BCUT2D eigenvalue weighted by atomic mass is 10.2. The number of benzene rings is 1. The number of carboxylic acids is 1. The first kappa shape index (κ1) is 15.2. The van der Waals surface area contributed by atoms with E-state index >= 15 is 0 Å². The monoisotopic (exact) mass is 328 g/mol. The van der Waals surface area contributed by atoms with Gasteiger partial charge in [0.25, 0.3) is 0 Å². The predicted octanol–water partition coefficient (Wildman–Crippen LogP) is 2.27. The van der Waals surface area contributed by atoms with Crippen LogP contribution < -0.4 is 10.6 Å². The van der Waals surface area contributed by atoms with Crippen LogP contribution in [0.2, 0.25) is 0 Å². The molecule has 0 fully saturated rings. The number of carboxylic acid groups (broad SMARTS) is 1. The number of imide groups is 1. The lowest BCUT2D eigenvalue weighted by Gasteiger charge is -2.09. The van der Waals surface area contributed by atoms with Gasteiger partial charge >= 0.3 is 12.0 Å². The van der Waals surface area contributed by atoms with Gasteiger partial charge in [-0.2, -0.15) is 0 Å². The quantitative estimate of drug-likeness (QED) is 0.790. The van der Waals surface area contributed by atoms with Crippen LogP contribution in [0.5, 0.6) is 0 Å². The number of hydrogen-bond donors (Lipinski definition) is 3. The van der Waals surface area contributed by atoms with Gasteiger partial charge in [-0.1, -0.05) is 15.9 Å². The molecule has 1 rings (SSSR count). The summed E-state index contributed by atoms with van der Waals surface area (Å²) in [7, 11) is 0. The number of anilines is 1. The normalized spacial score (nSPS) is 9.79. The number of halogens is 1. The number of aliphatic carboxylic acids is 1. The molecule has 0 atom stereocenters. The van der Waals surface area contributed by atoms with Crippen molar-refractivity contribution < 1.29 is 19.5 Å². The first-order valence-corrected chi connectivity index (χ1v) is 6.26. The van der Waals surface area contributed by atoms with Crippen molar-refractivity contribution in [1.29, 1.82) is 0 Å². The van der Waals surface area contributed by atoms with Crippen molar-refractivity contribution in [2.75, 3.05) is 5.32 Å². The molecule has 0 aromatic heterocycles. The zero-order chi connectivity index (χ0) is 14.4. The molecule has 3 amide bonds. The third-order valence-electron chi connectivity index (χ3n) is 2.26. The lowest BCUT2D eigenvalue weighted by molar-refractivity contribution is -0.138. The first-order valence-electron chi connectivity index (χ1n) is 5.47. The zero-order valence-corrected chi connectivity index (χ0v) is 11.8. The van der Waals surface area contributed by atoms with E-state index in [1.54, 1.807) is 12.1 Å². The fourth-order valence-corrected chi connectivity index (χ4v) is 1.81. The van der Waals surface area contributed by atoms with Gasteiger partial charge in [0.05, 0.1) is 6.42 Å². The molecule has 102 valence electrons. The molecule has 7 heteroatoms. The Hall–Kier alpha value is -1.89. The highest BCUT2D eigenvalue weighted by Gasteiger charge is 2.10. The van der Waals surface area contributed by atoms with Crippen LogP contribution in [0.15, 0.2) is 22.7 Å². The molecule has 0 aliphatic heterocycles. The second-order valence-corrected chi connectivity index (χ2v) is 4.77. The van der Waals surface area contributed by atoms with E-state index in [-0.39, 0.29) is 12.8 Å². The van der Waals surface area contributed by atoms with E-state index in [9.17, 15) is 14.4 Å². The maximum atomic E-state index is 11.5. The van der Waals surface area contributed by atoms with Gasteiger partial charge in [0, 0.05) is 16.6 Å². The maximum absolute atomic E-state index is 11.5. The molecule has 19 heavy (non-hydrogen) atoms. The summed E-state index contributed by atoms with van der Waals surface area (Å²) in [5.74, 6) is -1.71. The van der Waals surface area contributed by atoms with Crippen molar-refractivity contribution in [2.24, 2.45) is 0 Å². The van der Waals surface area contributed by atoms with Crippen molar-refractivity contribution in [3.8, 4) is 0 Å². The first-order chi connectivity index (χ1) is 8.88. The number of hydrogen-bond acceptors (Lipinski definition) is 3. The van der Waals surface area contributed by atoms with Gasteiger partial charge in [-0.05, 0) is 30.7 Å². The molecule has 3 N–H and O–H groups in total. The highest BCUT2D eigenvalue weighted by Crippen LogP contribution is 2.19. The largest absolute Gasteiger partial charge is 0.481 e. The molecule has 0 saturated heterocycles. The Morgan fingerprint density at radius 1 is 1.26 bits per heavy atom. The van der Waals surface area contributed by atoms with Crippen LogP contribution in [0, 0.1) is 6.92 Å². The Morgan fingerprint density at radius 3 is 2.53 bits per heavy atom. The van der Waals surface area contributed by atoms with Gasteiger partial charge < -0.3 is 10.4 Å². The smallest absolute Gasteiger partial charge is 0.325 e. The fourth-order valence-electron chi connectivity index (χ4n) is 1.33. The van der Waals surface area contributed by atoms with Crippen LogP contribution in [0.1, 0.15) is 18.4 Å². The van der Waals surface area contributed by atoms with E-state index in [0.717, 1.165) is 10.0 Å². The summed E-state index contributed by atoms with van der Waals surface area (Å²) in [6.45, 7) is 1.81. The molecule has 0 bridgehead atoms. The second kappa shape index (κ2) is 6.89. The van der Waals surface area contributed by atoms with Crippen molar-refractivity contribution in [2.45, 2.75) is 19.8 Å². The summed E-state index contributed by atoms with van der Waals surface area (Å²) in [5, 5.41) is 13.0. The van der Waals surface area contributed by atoms with E-state index in [2.05, 4.69) is 26.6 Å². The number of amides is 3. The van der Waals surface area contributed by atoms with Crippen LogP contribution in [-0.2, 0) is 9.59 Å². The minimum Gasteiger partial charge on any atom is -0.481 e. The van der Waals surface area contributed by atoms with Crippen molar-refractivity contribution in [3.05, 3.63) is 28.2 Å². The molecule has 0 radical (unpaired) electrons. The summed E-state index contributed by atoms with van der Waals surface area (Å²) >= 11 is 3.30. The molecule has 0 aliphatic rings. The van der Waals surface area contributed by atoms with Crippen molar-refractivity contribution in [1.82, 2.24) is 5.32 Å². The summed E-state index contributed by atoms with van der Waals surface area (Å²) < 4.78 is 0.883. The lowest BCUT2D eigenvalue weighted by Crippen LogP contribution is -2.34. The average Bonchev–Trinajstić information content (AvgIpc) is 2.30. The molecule has 0 aliphatic carbocycles. The van der Waals surface area contributed by atoms with Crippen molar-refractivity contribution >= 4 is 39.5 Å². The molecular formula is C12H13BrN2O4. The molecule has 6 nitrogen and oxygen atoms in total. The van der Waals surface area contributed by atoms with Gasteiger partial charge in [-0.3, -0.25) is 14.9 Å². The fraction of sp³-hybridized carbons (Fsp3) is 0.250. The minimum atomic E-state index is -1.08. The molecule has 0 unspecified atom stereocenters. The van der Waals surface area contributed by atoms with E-state index in [4.69, 9.17) is 5.11 Å². The Bertz CT molecular complexity index is 516. The van der Waals surface area contributed by atoms with Crippen LogP contribution in [0.3, 0.4) is 0 Å². The van der Waals surface area contributed by atoms with E-state index < -0.39 is 17.9 Å². The van der Waals surface area contributed by atoms with Gasteiger partial charge in [-0.15, -0.1) is 0 Å². The van der Waals surface area contributed by atoms with Gasteiger partial charge in [-0.25, -0.2) is 4.79 Å². The summed E-state index contributed by atoms with van der Waals surface area (Å²) in [4.78, 5) is 33.0. The molecule has 0 spiro atoms. The van der Waals surface area contributed by atoms with Gasteiger partial charge in [0.2, 0.25) is 5.91 Å². The van der Waals surface area contributed by atoms with E-state index in [1.807, 2.05) is 13.0 Å². The van der Waals surface area contributed by atoms with Crippen molar-refractivity contribution in [3.63, 3.8) is 0 Å². The number of carbonyl (C=O) groups is 3. The van der Waals surface area contributed by atoms with Gasteiger partial charge in [0.1, 0.15) is 0 Å². The molecule has 0 saturated carbocycles. The Kier molecular flexibility index (Phi) is 5.50. The Labute approximate surface area is 118 Å². The topological polar surface area (TPSA) is 95.5 Å². The minimum absolute atomic E-state index is 0.234. The number of aryl methyl sites for hydroxylation is 1. The third kappa shape index (κ3) is 5.52. The van der Waals surface area contributed by atoms with E-state index in [1.165, 1.54) is 0 Å². The van der Waals surface area contributed by atoms with Crippen LogP contribution >= 0.6 is 15.9 Å². The SMILES string of the molecule is Cc1cc(Br)ccc1NC(=O)NC(=O)CCC(=O)O. The Balaban J connectivity index is 2.51. The van der Waals surface area contributed by atoms with E-state index in [0.29, 0.717) is 5.69 Å². The summed E-state index contributed by atoms with van der Waals surface area (Å²) in [6, 6.07) is 4.60. The zero-order valence-electron chi connectivity index (χ0n) is 10.2. The summed E-state index contributed by atoms with van der Waals surface area (Å²) in [6.07, 6.45) is -0.543. The standard InChI is InChI=1S/C12H13BrN2O4/c1-7-6-8(13)2-3-9(7)14-12(19)15-10(16)4-5-11(17)18/h2-3,6H,4-5H2,1H3,(H,17,18)(H2,14,15,16,19). The number of urea groups is 1. The highest BCUT2D eigenvalue weighted by atomic mass is 79.9. The molecular weight excluding hydrogens is 316 g/mol. The average molecular weight is 329 g/mol. The number of rotatable bonds is 4. The maximum Gasteiger partial charge on any atom is 0.325 e. The van der Waals surface area contributed by atoms with Gasteiger partial charge in [0.15, 0.2) is 0 Å². The predicted molar refractivity (Wildman–Crippen MR) is 72.9 cm³/mol.